The number of esters is 2. The fraction of sp³-hybridized carbons (Fsp3) is 0.412. The van der Waals surface area contributed by atoms with Gasteiger partial charge in [0.1, 0.15) is 18.8 Å². The standard InChI is InChI=1S/C34H42O14.2Na/c1-41-13-15-43-17-19-45-21-23-47-33(39)30(34(40)48-24-22-46-20-18-44-16-14-42-2)12-11-29(25-3-7-27(8-4-25)31(35)36)26-5-9-28(10-6-26)32(37)38;;/h3-12H,13-24H2,1-2H3,(H,35,36)(H,37,38);;/q;2*+1/p-2. The summed E-state index contributed by atoms with van der Waals surface area (Å²) in [5.41, 5.74) is 0.802. The first kappa shape index (κ1) is 47.6. The third-order valence-corrected chi connectivity index (χ3v) is 6.25. The summed E-state index contributed by atoms with van der Waals surface area (Å²) in [4.78, 5) is 48.7. The van der Waals surface area contributed by atoms with Gasteiger partial charge >= 0.3 is 71.1 Å². The summed E-state index contributed by atoms with van der Waals surface area (Å²) >= 11 is 0. The first-order chi connectivity index (χ1) is 23.3. The monoisotopic (exact) mass is 718 g/mol. The molecule has 0 radical (unpaired) electrons. The molecule has 0 aromatic heterocycles. The number of ether oxygens (including phenoxy) is 8. The maximum Gasteiger partial charge on any atom is 1.00 e. The van der Waals surface area contributed by atoms with E-state index in [1.807, 2.05) is 0 Å². The second kappa shape index (κ2) is 29.2. The molecule has 16 heteroatoms. The van der Waals surface area contributed by atoms with E-state index >= 15 is 0 Å². The van der Waals surface area contributed by atoms with Crippen LogP contribution in [0.4, 0.5) is 0 Å². The van der Waals surface area contributed by atoms with Crippen molar-refractivity contribution in [2.24, 2.45) is 0 Å². The van der Waals surface area contributed by atoms with E-state index in [1.54, 1.807) is 14.2 Å². The second-order valence-corrected chi connectivity index (χ2v) is 9.60. The van der Waals surface area contributed by atoms with Gasteiger partial charge in [-0.25, -0.2) is 9.59 Å². The van der Waals surface area contributed by atoms with Crippen LogP contribution in [0.2, 0.25) is 0 Å². The average Bonchev–Trinajstić information content (AvgIpc) is 3.08. The van der Waals surface area contributed by atoms with E-state index in [4.69, 9.17) is 37.9 Å². The molecule has 0 unspecified atom stereocenters. The number of carboxylic acid groups (broad SMARTS) is 2. The quantitative estimate of drug-likeness (QED) is 0.0180. The Labute approximate surface area is 335 Å². The van der Waals surface area contributed by atoms with Crippen LogP contribution in [-0.2, 0) is 47.5 Å². The molecule has 2 aromatic carbocycles. The van der Waals surface area contributed by atoms with Crippen molar-refractivity contribution in [3.05, 3.63) is 88.5 Å². The molecule has 0 fully saturated rings. The van der Waals surface area contributed by atoms with Gasteiger partial charge < -0.3 is 57.7 Å². The molecule has 0 bridgehead atoms. The van der Waals surface area contributed by atoms with Gasteiger partial charge in [0, 0.05) is 14.2 Å². The Morgan fingerprint density at radius 3 is 1.10 bits per heavy atom. The fourth-order valence-electron chi connectivity index (χ4n) is 3.79. The molecule has 0 atom stereocenters. The molecule has 262 valence electrons. The van der Waals surface area contributed by atoms with Crippen LogP contribution in [0, 0.1) is 0 Å². The maximum atomic E-state index is 13.1. The number of hydrogen-bond acceptors (Lipinski definition) is 14. The summed E-state index contributed by atoms with van der Waals surface area (Å²) in [7, 11) is 3.12. The Kier molecular flexibility index (Phi) is 27.7. The van der Waals surface area contributed by atoms with Gasteiger partial charge in [-0.2, -0.15) is 0 Å². The van der Waals surface area contributed by atoms with E-state index in [-0.39, 0.29) is 110 Å². The molecule has 14 nitrogen and oxygen atoms in total. The molecule has 0 aliphatic rings. The van der Waals surface area contributed by atoms with Crippen LogP contribution in [0.1, 0.15) is 31.8 Å². The third kappa shape index (κ3) is 19.2. The van der Waals surface area contributed by atoms with Crippen molar-refractivity contribution >= 4 is 29.5 Å². The van der Waals surface area contributed by atoms with E-state index in [1.165, 1.54) is 60.7 Å². The van der Waals surface area contributed by atoms with Gasteiger partial charge in [-0.1, -0.05) is 54.6 Å². The number of aromatic carboxylic acids is 2. The molecule has 0 saturated carbocycles. The SMILES string of the molecule is COCCOCCOCCOC(=O)C(=CC=C(c1ccc(C(=O)[O-])cc1)c1ccc(C(=O)[O-])cc1)C(=O)OCCOCCOCCOC.[Na+].[Na+]. The minimum absolute atomic E-state index is 0. The minimum Gasteiger partial charge on any atom is -0.545 e. The van der Waals surface area contributed by atoms with Crippen molar-refractivity contribution in [2.75, 3.05) is 93.5 Å². The average molecular weight is 719 g/mol. The van der Waals surface area contributed by atoms with E-state index in [0.717, 1.165) is 0 Å². The molecule has 0 saturated heterocycles. The minimum atomic E-state index is -1.37. The zero-order valence-corrected chi connectivity index (χ0v) is 33.0. The molecular weight excluding hydrogens is 678 g/mol. The molecule has 0 spiro atoms. The molecule has 50 heavy (non-hydrogen) atoms. The van der Waals surface area contributed by atoms with Crippen LogP contribution < -0.4 is 69.3 Å². The zero-order valence-electron chi connectivity index (χ0n) is 29.0. The van der Waals surface area contributed by atoms with Crippen molar-refractivity contribution in [3.63, 3.8) is 0 Å². The summed E-state index contributed by atoms with van der Waals surface area (Å²) in [6.45, 7) is 2.61. The predicted octanol–water partition coefficient (Wildman–Crippen LogP) is -5.77. The summed E-state index contributed by atoms with van der Waals surface area (Å²) in [6.07, 6.45) is 2.63. The van der Waals surface area contributed by atoms with Crippen LogP contribution >= 0.6 is 0 Å². The molecule has 0 aliphatic heterocycles. The molecular formula is C34H40Na2O14. The molecule has 2 aromatic rings. The predicted molar refractivity (Wildman–Crippen MR) is 166 cm³/mol. The van der Waals surface area contributed by atoms with Crippen LogP contribution in [0.3, 0.4) is 0 Å². The number of benzene rings is 2. The first-order valence-corrected chi connectivity index (χ1v) is 15.0. The first-order valence-electron chi connectivity index (χ1n) is 15.0. The van der Waals surface area contributed by atoms with Crippen LogP contribution in [0.5, 0.6) is 0 Å². The smallest absolute Gasteiger partial charge is 0.545 e. The van der Waals surface area contributed by atoms with Gasteiger partial charge in [0.05, 0.1) is 78.0 Å². The number of carbonyl (C=O) groups is 4. The van der Waals surface area contributed by atoms with Gasteiger partial charge in [-0.05, 0) is 33.9 Å². The Balaban J connectivity index is 0.0000120. The summed E-state index contributed by atoms with van der Waals surface area (Å²) in [5, 5.41) is 22.6. The maximum absolute atomic E-state index is 13.1. The Morgan fingerprint density at radius 2 is 0.780 bits per heavy atom. The molecule has 0 N–H and O–H groups in total. The van der Waals surface area contributed by atoms with Crippen molar-refractivity contribution in [2.45, 2.75) is 0 Å². The summed E-state index contributed by atoms with van der Waals surface area (Å²) < 4.78 is 41.7. The normalized spacial score (nSPS) is 10.2. The number of hydrogen-bond donors (Lipinski definition) is 0. The number of allylic oxidation sites excluding steroid dienone is 2. The molecule has 2 rings (SSSR count). The van der Waals surface area contributed by atoms with Gasteiger partial charge in [0.2, 0.25) is 0 Å². The van der Waals surface area contributed by atoms with Crippen LogP contribution in [0.25, 0.3) is 5.57 Å². The van der Waals surface area contributed by atoms with Gasteiger partial charge in [-0.15, -0.1) is 0 Å². The number of carboxylic acids is 2. The van der Waals surface area contributed by atoms with Crippen LogP contribution in [0.15, 0.2) is 66.3 Å². The Morgan fingerprint density at radius 1 is 0.480 bits per heavy atom. The topological polar surface area (TPSA) is 188 Å². The van der Waals surface area contributed by atoms with E-state index in [0.29, 0.717) is 56.3 Å². The van der Waals surface area contributed by atoms with Crippen molar-refractivity contribution in [1.29, 1.82) is 0 Å². The molecule has 0 amide bonds. The second-order valence-electron chi connectivity index (χ2n) is 9.60. The van der Waals surface area contributed by atoms with E-state index in [2.05, 4.69) is 0 Å². The summed E-state index contributed by atoms with van der Waals surface area (Å²) in [6, 6.07) is 11.3. The zero-order chi connectivity index (χ0) is 35.0. The van der Waals surface area contributed by atoms with Crippen molar-refractivity contribution < 1.29 is 126 Å². The number of rotatable bonds is 25. The van der Waals surface area contributed by atoms with Crippen molar-refractivity contribution in [1.82, 2.24) is 0 Å². The van der Waals surface area contributed by atoms with E-state index < -0.39 is 29.5 Å². The van der Waals surface area contributed by atoms with Gasteiger partial charge in [-0.3, -0.25) is 0 Å². The molecule has 0 heterocycles. The van der Waals surface area contributed by atoms with Gasteiger partial charge in [0.15, 0.2) is 0 Å². The van der Waals surface area contributed by atoms with Crippen LogP contribution in [-0.4, -0.2) is 117 Å². The fourth-order valence-corrected chi connectivity index (χ4v) is 3.79. The number of methoxy groups -OCH3 is 2. The summed E-state index contributed by atoms with van der Waals surface area (Å²) in [5.74, 6) is -4.71. The molecule has 0 aliphatic carbocycles. The Bertz CT molecular complexity index is 1250. The largest absolute Gasteiger partial charge is 1.00 e. The van der Waals surface area contributed by atoms with Crippen molar-refractivity contribution in [3.8, 4) is 0 Å². The Hall–Kier alpha value is -2.44. The van der Waals surface area contributed by atoms with E-state index in [9.17, 15) is 29.4 Å². The van der Waals surface area contributed by atoms with Gasteiger partial charge in [0.25, 0.3) is 0 Å². The third-order valence-electron chi connectivity index (χ3n) is 6.25. The number of carbonyl (C=O) groups excluding carboxylic acids is 4.